The Morgan fingerprint density at radius 1 is 0.780 bits per heavy atom. The lowest BCUT2D eigenvalue weighted by atomic mass is 10.1. The van der Waals surface area contributed by atoms with Gasteiger partial charge < -0.3 is 14.7 Å². The number of aromatic hydroxyl groups is 1. The summed E-state index contributed by atoms with van der Waals surface area (Å²) in [4.78, 5) is 56.2. The maximum atomic E-state index is 11.8. The minimum absolute atomic E-state index is 0.0231. The molecular weight excluding hydrogens is 544 g/mol. The van der Waals surface area contributed by atoms with E-state index in [1.807, 2.05) is 0 Å². The summed E-state index contributed by atoms with van der Waals surface area (Å²) in [5.41, 5.74) is -2.72. The highest BCUT2D eigenvalue weighted by Gasteiger charge is 2.30. The molecule has 0 heterocycles. The summed E-state index contributed by atoms with van der Waals surface area (Å²) < 4.78 is 5.78. The number of anilines is 3. The Bertz CT molecular complexity index is 1730. The number of rotatable bonds is 10. The van der Waals surface area contributed by atoms with Crippen molar-refractivity contribution in [2.24, 2.45) is 10.4 Å². The van der Waals surface area contributed by atoms with Crippen molar-refractivity contribution < 1.29 is 24.6 Å². The molecule has 4 aromatic carbocycles. The summed E-state index contributed by atoms with van der Waals surface area (Å²) in [5, 5.41) is 50.8. The van der Waals surface area contributed by atoms with Crippen LogP contribution in [0.25, 0.3) is 0 Å². The van der Waals surface area contributed by atoms with Crippen LogP contribution < -0.4 is 9.64 Å². The Kier molecular flexibility index (Phi) is 7.57. The number of nitro benzene ring substituents is 3. The monoisotopic (exact) mass is 560 g/mol. The average Bonchev–Trinajstić information content (AvgIpc) is 2.95. The second-order valence-corrected chi connectivity index (χ2v) is 8.34. The normalized spacial score (nSPS) is 10.5. The lowest BCUT2D eigenvalue weighted by Gasteiger charge is -2.28. The van der Waals surface area contributed by atoms with Crippen LogP contribution in [0.4, 0.5) is 45.5 Å². The third-order valence-corrected chi connectivity index (χ3v) is 5.74. The zero-order chi connectivity index (χ0) is 29.8. The molecule has 0 fully saturated rings. The number of hydrogen-bond acceptors (Lipinski definition) is 13. The maximum Gasteiger partial charge on any atom is 0.320 e. The Balaban J connectivity index is 2.00. The number of non-ortho nitro benzene ring substituents is 2. The van der Waals surface area contributed by atoms with Gasteiger partial charge in [0.05, 0.1) is 32.6 Å². The van der Waals surface area contributed by atoms with E-state index in [1.165, 1.54) is 29.2 Å². The van der Waals surface area contributed by atoms with E-state index >= 15 is 0 Å². The second-order valence-electron chi connectivity index (χ2n) is 8.34. The molecule has 16 heteroatoms. The van der Waals surface area contributed by atoms with Crippen molar-refractivity contribution in [3.8, 4) is 17.2 Å². The lowest BCUT2D eigenvalue weighted by Crippen LogP contribution is -2.12. The Morgan fingerprint density at radius 2 is 1.37 bits per heavy atom. The fourth-order valence-electron chi connectivity index (χ4n) is 3.91. The number of para-hydroxylation sites is 2. The van der Waals surface area contributed by atoms with E-state index in [4.69, 9.17) is 4.74 Å². The molecule has 206 valence electrons. The molecule has 0 atom stereocenters. The highest BCUT2D eigenvalue weighted by Crippen LogP contribution is 2.51. The van der Waals surface area contributed by atoms with Gasteiger partial charge in [0, 0.05) is 17.8 Å². The number of ether oxygens (including phenoxy) is 1. The summed E-state index contributed by atoms with van der Waals surface area (Å²) in [6.45, 7) is 1.80. The minimum atomic E-state index is -0.992. The summed E-state index contributed by atoms with van der Waals surface area (Å²) in [6.07, 6.45) is 0. The molecule has 16 nitrogen and oxygen atoms in total. The SMILES string of the molecule is Cc1ccc(N(c2ccccc2Oc2c(N=O)cc([N+](=O)[O-])cc2[N+](=O)[O-])c2c(O)cc([N+](=O)[O-])cc2N=O)cc1. The summed E-state index contributed by atoms with van der Waals surface area (Å²) >= 11 is 0. The zero-order valence-corrected chi connectivity index (χ0v) is 20.7. The molecule has 0 unspecified atom stereocenters. The third kappa shape index (κ3) is 5.46. The molecule has 1 N–H and O–H groups in total. The Morgan fingerprint density at radius 3 is 1.95 bits per heavy atom. The summed E-state index contributed by atoms with van der Waals surface area (Å²) in [7, 11) is 0. The van der Waals surface area contributed by atoms with Gasteiger partial charge in [-0.2, -0.15) is 0 Å². The number of aryl methyl sites for hydroxylation is 1. The van der Waals surface area contributed by atoms with E-state index in [-0.39, 0.29) is 17.1 Å². The molecule has 0 radical (unpaired) electrons. The molecular formula is C25H16N6O10. The van der Waals surface area contributed by atoms with Crippen molar-refractivity contribution in [1.82, 2.24) is 0 Å². The van der Waals surface area contributed by atoms with Crippen molar-refractivity contribution in [3.05, 3.63) is 119 Å². The van der Waals surface area contributed by atoms with E-state index in [1.54, 1.807) is 31.2 Å². The number of nitrogens with zero attached hydrogens (tertiary/aromatic N) is 6. The van der Waals surface area contributed by atoms with Crippen molar-refractivity contribution in [3.63, 3.8) is 0 Å². The van der Waals surface area contributed by atoms with Gasteiger partial charge in [-0.3, -0.25) is 30.3 Å². The second kappa shape index (κ2) is 11.2. The van der Waals surface area contributed by atoms with Gasteiger partial charge in [-0.25, -0.2) is 0 Å². The summed E-state index contributed by atoms with van der Waals surface area (Å²) in [5.74, 6) is -1.61. The molecule has 0 saturated heterocycles. The predicted molar refractivity (Wildman–Crippen MR) is 145 cm³/mol. The fraction of sp³-hybridized carbons (Fsp3) is 0.0400. The lowest BCUT2D eigenvalue weighted by molar-refractivity contribution is -0.394. The van der Waals surface area contributed by atoms with Gasteiger partial charge in [-0.15, -0.1) is 9.81 Å². The number of hydrogen-bond donors (Lipinski definition) is 1. The van der Waals surface area contributed by atoms with Crippen LogP contribution in [0.5, 0.6) is 17.2 Å². The van der Waals surface area contributed by atoms with E-state index in [0.717, 1.165) is 17.7 Å². The number of benzene rings is 4. The van der Waals surface area contributed by atoms with Crippen molar-refractivity contribution >= 4 is 45.5 Å². The topological polar surface area (TPSA) is 221 Å². The third-order valence-electron chi connectivity index (χ3n) is 5.74. The number of nitro groups is 3. The molecule has 0 aliphatic rings. The van der Waals surface area contributed by atoms with Crippen molar-refractivity contribution in [2.45, 2.75) is 6.92 Å². The molecule has 0 aliphatic carbocycles. The van der Waals surface area contributed by atoms with Crippen LogP contribution >= 0.6 is 0 Å². The smallest absolute Gasteiger partial charge is 0.320 e. The van der Waals surface area contributed by atoms with Crippen LogP contribution in [0.15, 0.2) is 83.2 Å². The number of phenols is 1. The number of nitroso groups, excluding NO2 is 2. The van der Waals surface area contributed by atoms with Crippen LogP contribution in [0.2, 0.25) is 0 Å². The number of phenolic OH excluding ortho intramolecular Hbond substituents is 1. The Hall–Kier alpha value is -6.32. The fourth-order valence-corrected chi connectivity index (χ4v) is 3.91. The molecule has 0 bridgehead atoms. The van der Waals surface area contributed by atoms with Crippen LogP contribution in [-0.4, -0.2) is 19.9 Å². The van der Waals surface area contributed by atoms with Crippen LogP contribution in [-0.2, 0) is 0 Å². The molecule has 4 aromatic rings. The van der Waals surface area contributed by atoms with Gasteiger partial charge in [0.15, 0.2) is 11.4 Å². The maximum absolute atomic E-state index is 11.8. The van der Waals surface area contributed by atoms with Gasteiger partial charge in [0.2, 0.25) is 5.75 Å². The van der Waals surface area contributed by atoms with Crippen LogP contribution in [0, 0.1) is 47.1 Å². The molecule has 0 saturated carbocycles. The van der Waals surface area contributed by atoms with Gasteiger partial charge >= 0.3 is 5.69 Å². The molecule has 4 rings (SSSR count). The molecule has 0 aliphatic heterocycles. The molecule has 0 aromatic heterocycles. The molecule has 41 heavy (non-hydrogen) atoms. The van der Waals surface area contributed by atoms with Gasteiger partial charge in [-0.05, 0) is 41.5 Å². The first-order chi connectivity index (χ1) is 19.5. The highest BCUT2D eigenvalue weighted by molar-refractivity contribution is 5.90. The predicted octanol–water partition coefficient (Wildman–Crippen LogP) is 7.48. The van der Waals surface area contributed by atoms with Gasteiger partial charge in [0.1, 0.15) is 17.1 Å². The van der Waals surface area contributed by atoms with Gasteiger partial charge in [0.25, 0.3) is 11.4 Å². The van der Waals surface area contributed by atoms with E-state index in [0.29, 0.717) is 17.8 Å². The zero-order valence-electron chi connectivity index (χ0n) is 20.7. The minimum Gasteiger partial charge on any atom is -0.505 e. The van der Waals surface area contributed by atoms with E-state index < -0.39 is 54.7 Å². The van der Waals surface area contributed by atoms with Gasteiger partial charge in [-0.1, -0.05) is 29.8 Å². The highest BCUT2D eigenvalue weighted by atomic mass is 16.6. The molecule has 0 spiro atoms. The van der Waals surface area contributed by atoms with Crippen molar-refractivity contribution in [1.29, 1.82) is 0 Å². The quantitative estimate of drug-likeness (QED) is 0.114. The van der Waals surface area contributed by atoms with E-state index in [2.05, 4.69) is 10.4 Å². The first kappa shape index (κ1) is 27.7. The standard InChI is InChI=1S/C25H16N6O10/c1-14-6-8-15(9-7-14)28(24-18(26-33)10-17(30(37)38)13-22(24)32)20-4-2-3-5-23(20)41-25-19(27-34)11-16(29(35)36)12-21(25)31(39)40/h2-13,32H,1H3. The molecule has 0 amide bonds. The Labute approximate surface area is 228 Å². The average molecular weight is 560 g/mol. The summed E-state index contributed by atoms with van der Waals surface area (Å²) in [6, 6.07) is 15.3. The van der Waals surface area contributed by atoms with Crippen molar-refractivity contribution in [2.75, 3.05) is 4.90 Å². The first-order valence-corrected chi connectivity index (χ1v) is 11.3. The van der Waals surface area contributed by atoms with Crippen LogP contribution in [0.3, 0.4) is 0 Å². The van der Waals surface area contributed by atoms with Crippen LogP contribution in [0.1, 0.15) is 5.56 Å². The largest absolute Gasteiger partial charge is 0.505 e. The van der Waals surface area contributed by atoms with E-state index in [9.17, 15) is 45.3 Å². The first-order valence-electron chi connectivity index (χ1n) is 11.3.